The van der Waals surface area contributed by atoms with E-state index < -0.39 is 0 Å². The highest BCUT2D eigenvalue weighted by Crippen LogP contribution is 2.36. The zero-order valence-corrected chi connectivity index (χ0v) is 10.5. The minimum absolute atomic E-state index is 0.124. The van der Waals surface area contributed by atoms with E-state index in [0.717, 1.165) is 17.0 Å². The Hall–Kier alpha value is -2.23. The first kappa shape index (κ1) is 11.8. The van der Waals surface area contributed by atoms with E-state index in [4.69, 9.17) is 9.47 Å². The van der Waals surface area contributed by atoms with Gasteiger partial charge in [0.15, 0.2) is 0 Å². The first-order valence-corrected chi connectivity index (χ1v) is 6.10. The molecule has 1 aliphatic rings. The predicted octanol–water partition coefficient (Wildman–Crippen LogP) is 3.38. The van der Waals surface area contributed by atoms with Gasteiger partial charge in [-0.1, -0.05) is 12.1 Å². The van der Waals surface area contributed by atoms with E-state index in [2.05, 4.69) is 5.32 Å². The van der Waals surface area contributed by atoms with Crippen molar-refractivity contribution in [1.82, 2.24) is 0 Å². The third-order valence-corrected chi connectivity index (χ3v) is 3.19. The maximum atomic E-state index is 13.4. The van der Waals surface area contributed by atoms with Gasteiger partial charge in [-0.3, -0.25) is 0 Å². The Labute approximate surface area is 111 Å². The van der Waals surface area contributed by atoms with E-state index in [1.807, 2.05) is 24.3 Å². The SMILES string of the molecule is COc1ccc(F)cc1C1COc2ccccc2N1. The second kappa shape index (κ2) is 4.80. The summed E-state index contributed by atoms with van der Waals surface area (Å²) in [5.41, 5.74) is 1.67. The average Bonchev–Trinajstić information content (AvgIpc) is 2.46. The summed E-state index contributed by atoms with van der Waals surface area (Å²) in [6, 6.07) is 12.1. The third-order valence-electron chi connectivity index (χ3n) is 3.19. The van der Waals surface area contributed by atoms with Crippen LogP contribution in [0.3, 0.4) is 0 Å². The summed E-state index contributed by atoms with van der Waals surface area (Å²) in [6.07, 6.45) is 0. The molecule has 0 bridgehead atoms. The first-order chi connectivity index (χ1) is 9.28. The van der Waals surface area contributed by atoms with Gasteiger partial charge >= 0.3 is 0 Å². The molecule has 0 aliphatic carbocycles. The fourth-order valence-electron chi connectivity index (χ4n) is 2.26. The lowest BCUT2D eigenvalue weighted by Gasteiger charge is -2.28. The second-order valence-electron chi connectivity index (χ2n) is 4.39. The van der Waals surface area contributed by atoms with Gasteiger partial charge in [-0.2, -0.15) is 0 Å². The molecule has 3 nitrogen and oxygen atoms in total. The van der Waals surface area contributed by atoms with Crippen molar-refractivity contribution in [3.63, 3.8) is 0 Å². The Morgan fingerprint density at radius 1 is 1.26 bits per heavy atom. The molecular weight excluding hydrogens is 245 g/mol. The predicted molar refractivity (Wildman–Crippen MR) is 71.3 cm³/mol. The van der Waals surface area contributed by atoms with Crippen LogP contribution in [0.4, 0.5) is 10.1 Å². The van der Waals surface area contributed by atoms with Crippen molar-refractivity contribution < 1.29 is 13.9 Å². The fraction of sp³-hybridized carbons (Fsp3) is 0.200. The molecular formula is C15H14FNO2. The Kier molecular flexibility index (Phi) is 2.99. The van der Waals surface area contributed by atoms with Crippen molar-refractivity contribution >= 4 is 5.69 Å². The van der Waals surface area contributed by atoms with Gasteiger partial charge in [0.1, 0.15) is 23.9 Å². The molecule has 1 N–H and O–H groups in total. The summed E-state index contributed by atoms with van der Waals surface area (Å²) in [7, 11) is 1.58. The number of nitrogens with one attached hydrogen (secondary N) is 1. The zero-order chi connectivity index (χ0) is 13.2. The Balaban J connectivity index is 1.95. The molecule has 1 heterocycles. The van der Waals surface area contributed by atoms with Crippen LogP contribution in [0.15, 0.2) is 42.5 Å². The molecule has 0 fully saturated rings. The van der Waals surface area contributed by atoms with E-state index in [9.17, 15) is 4.39 Å². The number of halogens is 1. The largest absolute Gasteiger partial charge is 0.496 e. The molecule has 0 aromatic heterocycles. The summed E-state index contributed by atoms with van der Waals surface area (Å²) in [5.74, 6) is 1.19. The smallest absolute Gasteiger partial charge is 0.142 e. The van der Waals surface area contributed by atoms with E-state index >= 15 is 0 Å². The Morgan fingerprint density at radius 2 is 2.11 bits per heavy atom. The minimum atomic E-state index is -0.281. The number of anilines is 1. The van der Waals surface area contributed by atoms with E-state index in [1.54, 1.807) is 13.2 Å². The molecule has 1 aliphatic heterocycles. The Morgan fingerprint density at radius 3 is 2.95 bits per heavy atom. The molecule has 0 saturated heterocycles. The van der Waals surface area contributed by atoms with Gasteiger partial charge in [0.2, 0.25) is 0 Å². The monoisotopic (exact) mass is 259 g/mol. The van der Waals surface area contributed by atoms with Gasteiger partial charge in [-0.05, 0) is 30.3 Å². The molecule has 0 amide bonds. The molecule has 0 radical (unpaired) electrons. The van der Waals surface area contributed by atoms with Crippen LogP contribution in [-0.4, -0.2) is 13.7 Å². The molecule has 3 rings (SSSR count). The molecule has 19 heavy (non-hydrogen) atoms. The number of para-hydroxylation sites is 2. The fourth-order valence-corrected chi connectivity index (χ4v) is 2.26. The number of benzene rings is 2. The van der Waals surface area contributed by atoms with Gasteiger partial charge in [-0.25, -0.2) is 4.39 Å². The summed E-state index contributed by atoms with van der Waals surface area (Å²) in [5, 5.41) is 3.34. The van der Waals surface area contributed by atoms with E-state index in [1.165, 1.54) is 12.1 Å². The van der Waals surface area contributed by atoms with Crippen molar-refractivity contribution in [2.24, 2.45) is 0 Å². The van der Waals surface area contributed by atoms with Crippen molar-refractivity contribution in [1.29, 1.82) is 0 Å². The molecule has 2 aromatic carbocycles. The molecule has 98 valence electrons. The van der Waals surface area contributed by atoms with Crippen LogP contribution in [0.25, 0.3) is 0 Å². The first-order valence-electron chi connectivity index (χ1n) is 6.10. The standard InChI is InChI=1S/C15H14FNO2/c1-18-14-7-6-10(16)8-11(14)13-9-19-15-5-3-2-4-12(15)17-13/h2-8,13,17H,9H2,1H3. The summed E-state index contributed by atoms with van der Waals surface area (Å²) >= 11 is 0. The highest BCUT2D eigenvalue weighted by Gasteiger charge is 2.23. The average molecular weight is 259 g/mol. The molecule has 1 unspecified atom stereocenters. The van der Waals surface area contributed by atoms with E-state index in [-0.39, 0.29) is 11.9 Å². The highest BCUT2D eigenvalue weighted by atomic mass is 19.1. The highest BCUT2D eigenvalue weighted by molar-refractivity contribution is 5.59. The van der Waals surface area contributed by atoms with Gasteiger partial charge < -0.3 is 14.8 Å². The van der Waals surface area contributed by atoms with Crippen molar-refractivity contribution in [2.75, 3.05) is 19.0 Å². The number of hydrogen-bond acceptors (Lipinski definition) is 3. The van der Waals surface area contributed by atoms with Gasteiger partial charge in [0, 0.05) is 5.56 Å². The Bertz CT molecular complexity index is 600. The number of fused-ring (bicyclic) bond motifs is 1. The lowest BCUT2D eigenvalue weighted by molar-refractivity contribution is 0.282. The molecule has 1 atom stereocenters. The summed E-state index contributed by atoms with van der Waals surface area (Å²) < 4.78 is 24.4. The number of methoxy groups -OCH3 is 1. The van der Waals surface area contributed by atoms with Crippen LogP contribution in [0, 0.1) is 5.82 Å². The van der Waals surface area contributed by atoms with Gasteiger partial charge in [0.05, 0.1) is 18.8 Å². The zero-order valence-electron chi connectivity index (χ0n) is 10.5. The van der Waals surface area contributed by atoms with Crippen LogP contribution in [0.2, 0.25) is 0 Å². The molecule has 0 saturated carbocycles. The number of rotatable bonds is 2. The van der Waals surface area contributed by atoms with Crippen molar-refractivity contribution in [2.45, 2.75) is 6.04 Å². The minimum Gasteiger partial charge on any atom is -0.496 e. The van der Waals surface area contributed by atoms with Crippen molar-refractivity contribution in [3.05, 3.63) is 53.8 Å². The number of ether oxygens (including phenoxy) is 2. The molecule has 4 heteroatoms. The van der Waals surface area contributed by atoms with Gasteiger partial charge in [-0.15, -0.1) is 0 Å². The topological polar surface area (TPSA) is 30.5 Å². The quantitative estimate of drug-likeness (QED) is 0.896. The van der Waals surface area contributed by atoms with Gasteiger partial charge in [0.25, 0.3) is 0 Å². The van der Waals surface area contributed by atoms with Crippen LogP contribution in [-0.2, 0) is 0 Å². The van der Waals surface area contributed by atoms with Crippen LogP contribution < -0.4 is 14.8 Å². The van der Waals surface area contributed by atoms with Crippen molar-refractivity contribution in [3.8, 4) is 11.5 Å². The van der Waals surface area contributed by atoms with Crippen LogP contribution in [0.1, 0.15) is 11.6 Å². The number of hydrogen-bond donors (Lipinski definition) is 1. The molecule has 2 aromatic rings. The van der Waals surface area contributed by atoms with Crippen LogP contribution in [0.5, 0.6) is 11.5 Å². The third kappa shape index (κ3) is 2.21. The summed E-state index contributed by atoms with van der Waals surface area (Å²) in [6.45, 7) is 0.441. The maximum Gasteiger partial charge on any atom is 0.142 e. The normalized spacial score (nSPS) is 17.1. The summed E-state index contributed by atoms with van der Waals surface area (Å²) in [4.78, 5) is 0. The maximum absolute atomic E-state index is 13.4. The second-order valence-corrected chi connectivity index (χ2v) is 4.39. The van der Waals surface area contributed by atoms with Crippen LogP contribution >= 0.6 is 0 Å². The lowest BCUT2D eigenvalue weighted by Crippen LogP contribution is -2.24. The molecule has 0 spiro atoms. The van der Waals surface area contributed by atoms with E-state index in [0.29, 0.717) is 12.4 Å². The lowest BCUT2D eigenvalue weighted by atomic mass is 10.0.